The minimum Gasteiger partial charge on any atom is -0.383 e. The highest BCUT2D eigenvalue weighted by Crippen LogP contribution is 2.27. The fourth-order valence-corrected chi connectivity index (χ4v) is 2.78. The van der Waals surface area contributed by atoms with Crippen LogP contribution in [0.5, 0.6) is 0 Å². The van der Waals surface area contributed by atoms with Crippen molar-refractivity contribution in [3.05, 3.63) is 0 Å². The lowest BCUT2D eigenvalue weighted by atomic mass is 9.94. The van der Waals surface area contributed by atoms with Crippen molar-refractivity contribution in [1.82, 2.24) is 9.80 Å². The molecule has 2 N–H and O–H groups in total. The van der Waals surface area contributed by atoms with E-state index in [-0.39, 0.29) is 5.54 Å². The third kappa shape index (κ3) is 3.91. The molecule has 1 rings (SSSR count). The molecule has 1 atom stereocenters. The molecule has 0 aromatic carbocycles. The summed E-state index contributed by atoms with van der Waals surface area (Å²) in [6.07, 6.45) is 1.18. The fourth-order valence-electron chi connectivity index (χ4n) is 2.78. The predicted molar refractivity (Wildman–Crippen MR) is 72.2 cm³/mol. The van der Waals surface area contributed by atoms with Gasteiger partial charge in [-0.3, -0.25) is 4.90 Å². The normalized spacial score (nSPS) is 26.3. The zero-order chi connectivity index (χ0) is 12.9. The minimum atomic E-state index is 0.164. The summed E-state index contributed by atoms with van der Waals surface area (Å²) in [5.74, 6) is 0.668. The molecular formula is C13H29N3O. The molecule has 0 amide bonds. The molecule has 0 aromatic rings. The van der Waals surface area contributed by atoms with Crippen molar-refractivity contribution in [2.75, 3.05) is 53.5 Å². The van der Waals surface area contributed by atoms with Crippen molar-refractivity contribution in [2.45, 2.75) is 25.8 Å². The zero-order valence-electron chi connectivity index (χ0n) is 11.9. The van der Waals surface area contributed by atoms with Gasteiger partial charge >= 0.3 is 0 Å². The molecule has 1 heterocycles. The van der Waals surface area contributed by atoms with Crippen LogP contribution in [0.25, 0.3) is 0 Å². The maximum absolute atomic E-state index is 6.07. The van der Waals surface area contributed by atoms with E-state index in [4.69, 9.17) is 10.5 Å². The Morgan fingerprint density at radius 3 is 2.59 bits per heavy atom. The van der Waals surface area contributed by atoms with E-state index in [1.165, 1.54) is 6.42 Å². The lowest BCUT2D eigenvalue weighted by molar-refractivity contribution is 0.0558. The number of hydrogen-bond acceptors (Lipinski definition) is 4. The third-order valence-corrected chi connectivity index (χ3v) is 3.72. The van der Waals surface area contributed by atoms with Gasteiger partial charge in [0.25, 0.3) is 0 Å². The first kappa shape index (κ1) is 14.9. The monoisotopic (exact) mass is 243 g/mol. The Balaban J connectivity index is 2.70. The molecule has 1 unspecified atom stereocenters. The van der Waals surface area contributed by atoms with E-state index in [1.807, 2.05) is 0 Å². The van der Waals surface area contributed by atoms with Crippen molar-refractivity contribution in [2.24, 2.45) is 11.7 Å². The molecule has 17 heavy (non-hydrogen) atoms. The first-order chi connectivity index (χ1) is 8.04. The van der Waals surface area contributed by atoms with E-state index in [1.54, 1.807) is 7.11 Å². The van der Waals surface area contributed by atoms with Gasteiger partial charge in [0.05, 0.1) is 6.61 Å². The Kier molecular flexibility index (Phi) is 5.86. The predicted octanol–water partition coefficient (Wildman–Crippen LogP) is 0.624. The van der Waals surface area contributed by atoms with Crippen molar-refractivity contribution in [1.29, 1.82) is 0 Å². The summed E-state index contributed by atoms with van der Waals surface area (Å²) in [6.45, 7) is 10.4. The van der Waals surface area contributed by atoms with E-state index in [0.29, 0.717) is 5.92 Å². The molecular weight excluding hydrogens is 214 g/mol. The molecule has 4 nitrogen and oxygen atoms in total. The van der Waals surface area contributed by atoms with Crippen LogP contribution >= 0.6 is 0 Å². The summed E-state index contributed by atoms with van der Waals surface area (Å²) < 4.78 is 5.23. The standard InChI is InChI=1S/C13H29N3O/c1-12(2)9-16(7-8-17-4)13(10-14)5-6-15(3)11-13/h12H,5-11,14H2,1-4H3. The van der Waals surface area contributed by atoms with Crippen LogP contribution < -0.4 is 5.73 Å². The molecule has 0 aromatic heterocycles. The highest BCUT2D eigenvalue weighted by atomic mass is 16.5. The summed E-state index contributed by atoms with van der Waals surface area (Å²) in [5, 5.41) is 0. The van der Waals surface area contributed by atoms with Crippen LogP contribution in [0.2, 0.25) is 0 Å². The van der Waals surface area contributed by atoms with Crippen LogP contribution in [0.1, 0.15) is 20.3 Å². The number of hydrogen-bond donors (Lipinski definition) is 1. The Labute approximate surface area is 106 Å². The third-order valence-electron chi connectivity index (χ3n) is 3.72. The minimum absolute atomic E-state index is 0.164. The lowest BCUT2D eigenvalue weighted by Crippen LogP contribution is -2.57. The quantitative estimate of drug-likeness (QED) is 0.712. The van der Waals surface area contributed by atoms with Crippen LogP contribution in [0.4, 0.5) is 0 Å². The van der Waals surface area contributed by atoms with Gasteiger partial charge in [-0.1, -0.05) is 13.8 Å². The van der Waals surface area contributed by atoms with Gasteiger partial charge in [-0.15, -0.1) is 0 Å². The maximum atomic E-state index is 6.07. The molecule has 0 bridgehead atoms. The molecule has 1 fully saturated rings. The van der Waals surface area contributed by atoms with Gasteiger partial charge in [-0.2, -0.15) is 0 Å². The van der Waals surface area contributed by atoms with Crippen LogP contribution in [0, 0.1) is 5.92 Å². The molecule has 1 aliphatic rings. The molecule has 1 aliphatic heterocycles. The highest BCUT2D eigenvalue weighted by molar-refractivity contribution is 4.99. The van der Waals surface area contributed by atoms with Crippen molar-refractivity contribution < 1.29 is 4.74 Å². The van der Waals surface area contributed by atoms with Crippen LogP contribution in [-0.2, 0) is 4.74 Å². The average molecular weight is 243 g/mol. The van der Waals surface area contributed by atoms with Crippen LogP contribution in [-0.4, -0.2) is 68.8 Å². The van der Waals surface area contributed by atoms with E-state index in [9.17, 15) is 0 Å². The van der Waals surface area contributed by atoms with Crippen LogP contribution in [0.15, 0.2) is 0 Å². The van der Waals surface area contributed by atoms with E-state index in [2.05, 4.69) is 30.7 Å². The van der Waals surface area contributed by atoms with Crippen molar-refractivity contribution in [3.63, 3.8) is 0 Å². The zero-order valence-corrected chi connectivity index (χ0v) is 11.9. The van der Waals surface area contributed by atoms with Crippen molar-refractivity contribution in [3.8, 4) is 0 Å². The van der Waals surface area contributed by atoms with E-state index in [0.717, 1.165) is 39.3 Å². The Morgan fingerprint density at radius 1 is 1.47 bits per heavy atom. The van der Waals surface area contributed by atoms with Gasteiger partial charge in [0.2, 0.25) is 0 Å². The number of nitrogens with zero attached hydrogens (tertiary/aromatic N) is 2. The molecule has 0 radical (unpaired) electrons. The number of nitrogens with two attached hydrogens (primary N) is 1. The molecule has 0 spiro atoms. The first-order valence-electron chi connectivity index (χ1n) is 6.66. The Bertz CT molecular complexity index is 223. The van der Waals surface area contributed by atoms with Gasteiger partial charge in [0.1, 0.15) is 0 Å². The average Bonchev–Trinajstić information content (AvgIpc) is 2.67. The van der Waals surface area contributed by atoms with Gasteiger partial charge in [-0.25, -0.2) is 0 Å². The second kappa shape index (κ2) is 6.69. The van der Waals surface area contributed by atoms with Gasteiger partial charge in [0.15, 0.2) is 0 Å². The van der Waals surface area contributed by atoms with Gasteiger partial charge < -0.3 is 15.4 Å². The molecule has 0 saturated carbocycles. The Hall–Kier alpha value is -0.160. The van der Waals surface area contributed by atoms with Crippen molar-refractivity contribution >= 4 is 0 Å². The largest absolute Gasteiger partial charge is 0.383 e. The van der Waals surface area contributed by atoms with Gasteiger partial charge in [0, 0.05) is 38.8 Å². The van der Waals surface area contributed by atoms with E-state index < -0.39 is 0 Å². The number of methoxy groups -OCH3 is 1. The second-order valence-electron chi connectivity index (χ2n) is 5.75. The first-order valence-corrected chi connectivity index (χ1v) is 6.66. The molecule has 102 valence electrons. The number of ether oxygens (including phenoxy) is 1. The SMILES string of the molecule is COCCN(CC(C)C)C1(CN)CCN(C)C1. The van der Waals surface area contributed by atoms with Crippen LogP contribution in [0.3, 0.4) is 0 Å². The molecule has 0 aliphatic carbocycles. The van der Waals surface area contributed by atoms with Gasteiger partial charge in [-0.05, 0) is 25.9 Å². The Morgan fingerprint density at radius 2 is 2.18 bits per heavy atom. The number of rotatable bonds is 7. The van der Waals surface area contributed by atoms with E-state index >= 15 is 0 Å². The maximum Gasteiger partial charge on any atom is 0.0589 e. The fraction of sp³-hybridized carbons (Fsp3) is 1.00. The summed E-state index contributed by atoms with van der Waals surface area (Å²) in [7, 11) is 3.95. The molecule has 1 saturated heterocycles. The topological polar surface area (TPSA) is 41.7 Å². The number of likely N-dealkylation sites (tertiary alicyclic amines) is 1. The second-order valence-corrected chi connectivity index (χ2v) is 5.75. The summed E-state index contributed by atoms with van der Waals surface area (Å²) in [5.41, 5.74) is 6.23. The summed E-state index contributed by atoms with van der Waals surface area (Å²) >= 11 is 0. The highest BCUT2D eigenvalue weighted by Gasteiger charge is 2.40. The molecule has 4 heteroatoms. The summed E-state index contributed by atoms with van der Waals surface area (Å²) in [6, 6.07) is 0. The summed E-state index contributed by atoms with van der Waals surface area (Å²) in [4.78, 5) is 4.93. The smallest absolute Gasteiger partial charge is 0.0589 e. The lowest BCUT2D eigenvalue weighted by Gasteiger charge is -2.41. The number of likely N-dealkylation sites (N-methyl/N-ethyl adjacent to an activating group) is 1.